The number of carbonyl (C=O) groups is 2. The Labute approximate surface area is 85.7 Å². The molecular weight excluding hydrogens is 198 g/mol. The van der Waals surface area contributed by atoms with Gasteiger partial charge in [-0.25, -0.2) is 0 Å². The molecule has 0 aliphatic rings. The molecule has 0 saturated heterocycles. The van der Waals surface area contributed by atoms with E-state index in [1.54, 1.807) is 30.3 Å². The van der Waals surface area contributed by atoms with Crippen molar-refractivity contribution in [2.75, 3.05) is 5.32 Å². The lowest BCUT2D eigenvalue weighted by molar-refractivity contribution is -0.312. The Balaban J connectivity index is 2.79. The van der Waals surface area contributed by atoms with E-state index < -0.39 is 17.5 Å². The second-order valence-electron chi connectivity index (χ2n) is 2.64. The SMILES string of the molecule is O=C([O-])C(=CNc1ccccc1)C(=O)[O-]. The van der Waals surface area contributed by atoms with Gasteiger partial charge in [-0.1, -0.05) is 18.2 Å². The van der Waals surface area contributed by atoms with E-state index in [1.807, 2.05) is 0 Å². The molecule has 1 N–H and O–H groups in total. The number of carboxylic acids is 2. The molecule has 5 heteroatoms. The molecule has 0 fully saturated rings. The predicted molar refractivity (Wildman–Crippen MR) is 48.2 cm³/mol. The van der Waals surface area contributed by atoms with E-state index in [4.69, 9.17) is 0 Å². The predicted octanol–water partition coefficient (Wildman–Crippen LogP) is -1.52. The van der Waals surface area contributed by atoms with Crippen LogP contribution in [0.4, 0.5) is 5.69 Å². The number of anilines is 1. The van der Waals surface area contributed by atoms with Gasteiger partial charge in [0, 0.05) is 17.5 Å². The van der Waals surface area contributed by atoms with Gasteiger partial charge >= 0.3 is 0 Å². The monoisotopic (exact) mass is 205 g/mol. The first kappa shape index (κ1) is 10.8. The fourth-order valence-electron chi connectivity index (χ4n) is 0.891. The molecule has 0 aromatic heterocycles. The largest absolute Gasteiger partial charge is 0.545 e. The number of carboxylic acid groups (broad SMARTS) is 2. The van der Waals surface area contributed by atoms with Crippen molar-refractivity contribution in [1.82, 2.24) is 0 Å². The standard InChI is InChI=1S/C10H9NO4/c12-9(13)8(10(14)15)6-11-7-4-2-1-3-5-7/h1-6,11H,(H,12,13)(H,14,15)/p-2. The van der Waals surface area contributed by atoms with Crippen molar-refractivity contribution >= 4 is 17.6 Å². The van der Waals surface area contributed by atoms with E-state index in [2.05, 4.69) is 5.32 Å². The van der Waals surface area contributed by atoms with Gasteiger partial charge in [-0.05, 0) is 12.1 Å². The first-order chi connectivity index (χ1) is 7.11. The number of nitrogens with one attached hydrogen (secondary N) is 1. The number of benzene rings is 1. The van der Waals surface area contributed by atoms with Crippen LogP contribution in [0.1, 0.15) is 0 Å². The van der Waals surface area contributed by atoms with Crippen LogP contribution < -0.4 is 15.5 Å². The molecular formula is C10H7NO4-2. The number of carbonyl (C=O) groups excluding carboxylic acids is 2. The number of hydrogen-bond acceptors (Lipinski definition) is 5. The van der Waals surface area contributed by atoms with Gasteiger partial charge in [-0.3, -0.25) is 0 Å². The van der Waals surface area contributed by atoms with Crippen LogP contribution in [0, 0.1) is 0 Å². The van der Waals surface area contributed by atoms with Crippen LogP contribution in [0.25, 0.3) is 0 Å². The summed E-state index contributed by atoms with van der Waals surface area (Å²) in [6.45, 7) is 0. The van der Waals surface area contributed by atoms with Gasteiger partial charge in [0.1, 0.15) is 0 Å². The molecule has 0 atom stereocenters. The number of para-hydroxylation sites is 1. The van der Waals surface area contributed by atoms with Gasteiger partial charge in [0.25, 0.3) is 0 Å². The quantitative estimate of drug-likeness (QED) is 0.366. The highest BCUT2D eigenvalue weighted by atomic mass is 16.4. The fourth-order valence-corrected chi connectivity index (χ4v) is 0.891. The van der Waals surface area contributed by atoms with Crippen LogP contribution in [0.15, 0.2) is 42.1 Å². The number of rotatable bonds is 4. The van der Waals surface area contributed by atoms with Crippen LogP contribution in [0.3, 0.4) is 0 Å². The maximum Gasteiger partial charge on any atom is 0.0748 e. The van der Waals surface area contributed by atoms with Gasteiger partial charge in [0.2, 0.25) is 0 Å². The summed E-state index contributed by atoms with van der Waals surface area (Å²) in [5, 5.41) is 23.1. The summed E-state index contributed by atoms with van der Waals surface area (Å²) in [5.74, 6) is -3.59. The second kappa shape index (κ2) is 4.80. The van der Waals surface area contributed by atoms with Crippen molar-refractivity contribution in [1.29, 1.82) is 0 Å². The lowest BCUT2D eigenvalue weighted by atomic mass is 10.3. The van der Waals surface area contributed by atoms with Gasteiger partial charge in [0.15, 0.2) is 0 Å². The maximum atomic E-state index is 10.3. The zero-order chi connectivity index (χ0) is 11.3. The number of hydrogen-bond donors (Lipinski definition) is 1. The van der Waals surface area contributed by atoms with Crippen LogP contribution in [-0.2, 0) is 9.59 Å². The third-order valence-corrected chi connectivity index (χ3v) is 1.60. The fraction of sp³-hybridized carbons (Fsp3) is 0. The molecule has 0 amide bonds. The Morgan fingerprint density at radius 1 is 1.07 bits per heavy atom. The van der Waals surface area contributed by atoms with Crippen molar-refractivity contribution in [2.24, 2.45) is 0 Å². The molecule has 15 heavy (non-hydrogen) atoms. The summed E-state index contributed by atoms with van der Waals surface area (Å²) in [5.41, 5.74) is -0.364. The average molecular weight is 205 g/mol. The normalized spacial score (nSPS) is 9.07. The first-order valence-corrected chi connectivity index (χ1v) is 4.05. The summed E-state index contributed by atoms with van der Waals surface area (Å²) < 4.78 is 0. The van der Waals surface area contributed by atoms with E-state index in [0.717, 1.165) is 6.20 Å². The second-order valence-corrected chi connectivity index (χ2v) is 2.64. The Morgan fingerprint density at radius 2 is 1.60 bits per heavy atom. The van der Waals surface area contributed by atoms with Crippen molar-refractivity contribution in [2.45, 2.75) is 0 Å². The van der Waals surface area contributed by atoms with Crippen LogP contribution in [0.2, 0.25) is 0 Å². The lowest BCUT2D eigenvalue weighted by Crippen LogP contribution is -2.36. The van der Waals surface area contributed by atoms with Crippen LogP contribution in [-0.4, -0.2) is 11.9 Å². The highest BCUT2D eigenvalue weighted by molar-refractivity contribution is 6.10. The molecule has 0 aliphatic heterocycles. The third kappa shape index (κ3) is 3.15. The van der Waals surface area contributed by atoms with E-state index in [9.17, 15) is 19.8 Å². The van der Waals surface area contributed by atoms with Gasteiger partial charge in [0.05, 0.1) is 11.9 Å². The van der Waals surface area contributed by atoms with Gasteiger partial charge in [-0.15, -0.1) is 0 Å². The zero-order valence-electron chi connectivity index (χ0n) is 7.60. The Hall–Kier alpha value is -2.30. The Kier molecular flexibility index (Phi) is 3.45. The molecule has 1 aromatic rings. The highest BCUT2D eigenvalue weighted by Crippen LogP contribution is 2.05. The number of aliphatic carboxylic acids is 2. The minimum absolute atomic E-state index is 0.567. The van der Waals surface area contributed by atoms with E-state index in [1.165, 1.54) is 0 Å². The average Bonchev–Trinajstić information content (AvgIpc) is 2.18. The van der Waals surface area contributed by atoms with E-state index in [0.29, 0.717) is 5.69 Å². The lowest BCUT2D eigenvalue weighted by Gasteiger charge is -2.09. The molecule has 0 saturated carbocycles. The summed E-state index contributed by atoms with van der Waals surface area (Å²) in [4.78, 5) is 20.6. The minimum Gasteiger partial charge on any atom is -0.545 e. The molecule has 0 unspecified atom stereocenters. The summed E-state index contributed by atoms with van der Waals surface area (Å²) in [6, 6.07) is 8.51. The van der Waals surface area contributed by atoms with Crippen molar-refractivity contribution in [3.05, 3.63) is 42.1 Å². The highest BCUT2D eigenvalue weighted by Gasteiger charge is 1.98. The van der Waals surface area contributed by atoms with Gasteiger partial charge in [-0.2, -0.15) is 0 Å². The maximum absolute atomic E-state index is 10.3. The molecule has 1 rings (SSSR count). The molecule has 0 spiro atoms. The van der Waals surface area contributed by atoms with E-state index in [-0.39, 0.29) is 0 Å². The molecule has 0 bridgehead atoms. The van der Waals surface area contributed by atoms with Gasteiger partial charge < -0.3 is 25.1 Å². The summed E-state index contributed by atoms with van der Waals surface area (Å²) >= 11 is 0. The Bertz CT molecular complexity index is 381. The smallest absolute Gasteiger partial charge is 0.0748 e. The zero-order valence-corrected chi connectivity index (χ0v) is 7.60. The summed E-state index contributed by atoms with van der Waals surface area (Å²) in [7, 11) is 0. The van der Waals surface area contributed by atoms with Crippen LogP contribution >= 0.6 is 0 Å². The molecule has 5 nitrogen and oxygen atoms in total. The minimum atomic E-state index is -1.79. The Morgan fingerprint density at radius 3 is 2.07 bits per heavy atom. The topological polar surface area (TPSA) is 92.3 Å². The van der Waals surface area contributed by atoms with Crippen molar-refractivity contribution in [3.63, 3.8) is 0 Å². The first-order valence-electron chi connectivity index (χ1n) is 4.05. The molecule has 78 valence electrons. The van der Waals surface area contributed by atoms with Crippen molar-refractivity contribution < 1.29 is 19.8 Å². The molecule has 0 radical (unpaired) electrons. The van der Waals surface area contributed by atoms with E-state index >= 15 is 0 Å². The van der Waals surface area contributed by atoms with Crippen molar-refractivity contribution in [3.8, 4) is 0 Å². The molecule has 0 heterocycles. The molecule has 1 aromatic carbocycles. The summed E-state index contributed by atoms with van der Waals surface area (Å²) in [6.07, 6.45) is 0.819. The van der Waals surface area contributed by atoms with Crippen LogP contribution in [0.5, 0.6) is 0 Å². The molecule has 0 aliphatic carbocycles. The third-order valence-electron chi connectivity index (χ3n) is 1.60.